The Bertz CT molecular complexity index is 1460. The molecular weight excluding hydrogens is 416 g/mol. The summed E-state index contributed by atoms with van der Waals surface area (Å²) in [6, 6.07) is 35.1. The van der Waals surface area contributed by atoms with E-state index in [4.69, 9.17) is 0 Å². The average Bonchev–Trinajstić information content (AvgIpc) is 2.90. The van der Waals surface area contributed by atoms with E-state index in [2.05, 4.69) is 0 Å². The van der Waals surface area contributed by atoms with Gasteiger partial charge < -0.3 is 0 Å². The van der Waals surface area contributed by atoms with E-state index in [9.17, 15) is 9.59 Å². The minimum absolute atomic E-state index is 0.0381. The average molecular weight is 439 g/mol. The molecule has 0 radical (unpaired) electrons. The van der Waals surface area contributed by atoms with Gasteiger partial charge in [0.2, 0.25) is 0 Å². The molecule has 0 aliphatic carbocycles. The third kappa shape index (κ3) is 4.48. The van der Waals surface area contributed by atoms with Crippen LogP contribution in [0.1, 0.15) is 31.8 Å². The lowest BCUT2D eigenvalue weighted by Crippen LogP contribution is -1.95. The number of allylic oxidation sites excluding steroid dienone is 2. The normalized spacial score (nSPS) is 11.5. The summed E-state index contributed by atoms with van der Waals surface area (Å²) in [5.41, 5.74) is 3.17. The molecule has 162 valence electrons. The number of rotatable bonds is 6. The van der Waals surface area contributed by atoms with Crippen molar-refractivity contribution in [2.75, 3.05) is 0 Å². The van der Waals surface area contributed by atoms with E-state index < -0.39 is 0 Å². The van der Waals surface area contributed by atoms with Crippen LogP contribution in [0.4, 0.5) is 0 Å². The van der Waals surface area contributed by atoms with Gasteiger partial charge in [-0.1, -0.05) is 115 Å². The van der Waals surface area contributed by atoms with Gasteiger partial charge in [0, 0.05) is 11.1 Å². The van der Waals surface area contributed by atoms with Crippen LogP contribution in [0.5, 0.6) is 0 Å². The van der Waals surface area contributed by atoms with Crippen LogP contribution in [0.3, 0.4) is 0 Å². The monoisotopic (exact) mass is 438 g/mol. The van der Waals surface area contributed by atoms with Gasteiger partial charge in [-0.2, -0.15) is 0 Å². The molecule has 5 rings (SSSR count). The van der Waals surface area contributed by atoms with Crippen LogP contribution in [0.25, 0.3) is 33.7 Å². The van der Waals surface area contributed by atoms with Gasteiger partial charge >= 0.3 is 0 Å². The highest BCUT2D eigenvalue weighted by atomic mass is 16.1. The summed E-state index contributed by atoms with van der Waals surface area (Å²) in [5, 5.41) is 3.99. The molecule has 2 nitrogen and oxygen atoms in total. The smallest absolute Gasteiger partial charge is 0.186 e. The van der Waals surface area contributed by atoms with Crippen molar-refractivity contribution in [3.05, 3.63) is 144 Å². The topological polar surface area (TPSA) is 34.1 Å². The molecule has 5 aromatic rings. The Morgan fingerprint density at radius 2 is 0.882 bits per heavy atom. The minimum Gasteiger partial charge on any atom is -0.289 e. The fourth-order valence-corrected chi connectivity index (χ4v) is 4.17. The predicted molar refractivity (Wildman–Crippen MR) is 141 cm³/mol. The lowest BCUT2D eigenvalue weighted by atomic mass is 10.00. The van der Waals surface area contributed by atoms with Crippen LogP contribution in [-0.2, 0) is 0 Å². The highest BCUT2D eigenvalue weighted by molar-refractivity contribution is 6.15. The van der Waals surface area contributed by atoms with Gasteiger partial charge in [-0.05, 0) is 50.9 Å². The van der Waals surface area contributed by atoms with Gasteiger partial charge in [0.05, 0.1) is 0 Å². The highest BCUT2D eigenvalue weighted by Crippen LogP contribution is 2.21. The first kappa shape index (κ1) is 21.3. The number of hydrogen-bond donors (Lipinski definition) is 0. The van der Waals surface area contributed by atoms with Crippen LogP contribution < -0.4 is 0 Å². The predicted octanol–water partition coefficient (Wildman–Crippen LogP) is 7.79. The van der Waals surface area contributed by atoms with Crippen molar-refractivity contribution >= 4 is 45.3 Å². The maximum absolute atomic E-state index is 12.9. The summed E-state index contributed by atoms with van der Waals surface area (Å²) in [6.45, 7) is 0. The number of benzene rings is 5. The fraction of sp³-hybridized carbons (Fsp3) is 0. The molecule has 34 heavy (non-hydrogen) atoms. The highest BCUT2D eigenvalue weighted by Gasteiger charge is 2.08. The molecule has 0 unspecified atom stereocenters. The van der Waals surface area contributed by atoms with Crippen molar-refractivity contribution in [3.63, 3.8) is 0 Å². The van der Waals surface area contributed by atoms with Gasteiger partial charge in [-0.15, -0.1) is 0 Å². The van der Waals surface area contributed by atoms with E-state index in [0.29, 0.717) is 11.1 Å². The molecule has 0 heterocycles. The maximum atomic E-state index is 12.9. The van der Waals surface area contributed by atoms with Crippen molar-refractivity contribution in [1.82, 2.24) is 0 Å². The van der Waals surface area contributed by atoms with Crippen LogP contribution in [0, 0.1) is 0 Å². The maximum Gasteiger partial charge on any atom is 0.186 e. The summed E-state index contributed by atoms with van der Waals surface area (Å²) >= 11 is 0. The lowest BCUT2D eigenvalue weighted by molar-refractivity contribution is 0.104. The van der Waals surface area contributed by atoms with E-state index >= 15 is 0 Å². The quantitative estimate of drug-likeness (QED) is 0.200. The van der Waals surface area contributed by atoms with Gasteiger partial charge in [-0.25, -0.2) is 0 Å². The van der Waals surface area contributed by atoms with Gasteiger partial charge in [0.1, 0.15) is 0 Å². The van der Waals surface area contributed by atoms with Crippen molar-refractivity contribution in [3.8, 4) is 0 Å². The third-order valence-corrected chi connectivity index (χ3v) is 5.88. The summed E-state index contributed by atoms with van der Waals surface area (Å²) in [6.07, 6.45) is 6.83. The Kier molecular flexibility index (Phi) is 5.96. The Morgan fingerprint density at radius 3 is 1.38 bits per heavy atom. The van der Waals surface area contributed by atoms with Gasteiger partial charge in [-0.3, -0.25) is 9.59 Å². The van der Waals surface area contributed by atoms with E-state index in [1.807, 2.05) is 121 Å². The molecule has 0 fully saturated rings. The standard InChI is InChI=1S/C32H22O2/c33-31(29-16-6-12-25-10-1-3-14-27(25)29)20-18-23-8-5-9-24(22-23)19-21-32(34)30-17-7-13-26-11-2-4-15-28(26)30/h1-22H. The molecule has 0 saturated heterocycles. The Balaban J connectivity index is 1.35. The molecule has 5 aromatic carbocycles. The molecule has 0 aliphatic heterocycles. The van der Waals surface area contributed by atoms with Crippen LogP contribution in [0.2, 0.25) is 0 Å². The zero-order valence-electron chi connectivity index (χ0n) is 18.5. The van der Waals surface area contributed by atoms with E-state index in [1.54, 1.807) is 12.2 Å². The molecular formula is C32H22O2. The van der Waals surface area contributed by atoms with Gasteiger partial charge in [0.15, 0.2) is 11.6 Å². The molecule has 0 N–H and O–H groups in total. The number of carbonyl (C=O) groups excluding carboxylic acids is 2. The van der Waals surface area contributed by atoms with Crippen LogP contribution >= 0.6 is 0 Å². The summed E-state index contributed by atoms with van der Waals surface area (Å²) in [7, 11) is 0. The zero-order valence-corrected chi connectivity index (χ0v) is 18.5. The molecule has 0 saturated carbocycles. The summed E-state index contributed by atoms with van der Waals surface area (Å²) in [5.74, 6) is -0.0762. The number of ketones is 2. The van der Waals surface area contributed by atoms with E-state index in [0.717, 1.165) is 32.7 Å². The minimum atomic E-state index is -0.0381. The summed E-state index contributed by atoms with van der Waals surface area (Å²) < 4.78 is 0. The molecule has 2 heteroatoms. The molecule has 0 spiro atoms. The van der Waals surface area contributed by atoms with Crippen LogP contribution in [-0.4, -0.2) is 11.6 Å². The van der Waals surface area contributed by atoms with Crippen molar-refractivity contribution in [2.24, 2.45) is 0 Å². The number of fused-ring (bicyclic) bond motifs is 2. The lowest BCUT2D eigenvalue weighted by Gasteiger charge is -2.03. The van der Waals surface area contributed by atoms with Crippen molar-refractivity contribution in [2.45, 2.75) is 0 Å². The molecule has 0 aromatic heterocycles. The second-order valence-corrected chi connectivity index (χ2v) is 8.12. The first-order valence-electron chi connectivity index (χ1n) is 11.2. The Hall–Kier alpha value is -4.56. The van der Waals surface area contributed by atoms with Crippen molar-refractivity contribution < 1.29 is 9.59 Å². The molecule has 0 bridgehead atoms. The first-order chi connectivity index (χ1) is 16.7. The largest absolute Gasteiger partial charge is 0.289 e. The Morgan fingerprint density at radius 1 is 0.471 bits per heavy atom. The zero-order chi connectivity index (χ0) is 23.3. The summed E-state index contributed by atoms with van der Waals surface area (Å²) in [4.78, 5) is 25.7. The SMILES string of the molecule is O=C(C=Cc1cccc(C=CC(=O)c2cccc3ccccc23)c1)c1cccc2ccccc12. The first-order valence-corrected chi connectivity index (χ1v) is 11.2. The van der Waals surface area contributed by atoms with E-state index in [1.165, 1.54) is 0 Å². The second-order valence-electron chi connectivity index (χ2n) is 8.12. The van der Waals surface area contributed by atoms with Gasteiger partial charge in [0.25, 0.3) is 0 Å². The van der Waals surface area contributed by atoms with E-state index in [-0.39, 0.29) is 11.6 Å². The molecule has 0 amide bonds. The van der Waals surface area contributed by atoms with Crippen molar-refractivity contribution in [1.29, 1.82) is 0 Å². The fourth-order valence-electron chi connectivity index (χ4n) is 4.17. The third-order valence-electron chi connectivity index (χ3n) is 5.88. The number of carbonyl (C=O) groups is 2. The second kappa shape index (κ2) is 9.51. The molecule has 0 aliphatic rings. The Labute approximate surface area is 198 Å². The molecule has 0 atom stereocenters. The van der Waals surface area contributed by atoms with Crippen LogP contribution in [0.15, 0.2) is 121 Å². The number of hydrogen-bond acceptors (Lipinski definition) is 2.